The lowest BCUT2D eigenvalue weighted by Crippen LogP contribution is -2.42. The molecule has 0 saturated heterocycles. The van der Waals surface area contributed by atoms with Gasteiger partial charge >= 0.3 is 0 Å². The van der Waals surface area contributed by atoms with E-state index < -0.39 is 5.92 Å². The Bertz CT molecular complexity index is 1160. The molecule has 0 radical (unpaired) electrons. The Labute approximate surface area is 192 Å². The SMILES string of the molecule is CSc1sc(C)cc1[C@H]1C(C#N)=C(N)N(c2ccc(C)cc2)C2=C1C(=O)CC(C)(C)C2. The number of nitrogens with zero attached hydrogens (tertiary/aromatic N) is 2. The Kier molecular flexibility index (Phi) is 5.53. The molecule has 1 atom stereocenters. The summed E-state index contributed by atoms with van der Waals surface area (Å²) in [6, 6.07) is 12.6. The minimum absolute atomic E-state index is 0.115. The molecule has 0 spiro atoms. The number of anilines is 1. The molecule has 0 fully saturated rings. The average molecular weight is 450 g/mol. The zero-order valence-corrected chi connectivity index (χ0v) is 20.2. The molecule has 2 aromatic rings. The smallest absolute Gasteiger partial charge is 0.162 e. The second-order valence-electron chi connectivity index (χ2n) is 9.12. The van der Waals surface area contributed by atoms with Crippen molar-refractivity contribution in [2.75, 3.05) is 11.2 Å². The van der Waals surface area contributed by atoms with Gasteiger partial charge in [0.2, 0.25) is 0 Å². The fraction of sp³-hybridized carbons (Fsp3) is 0.360. The number of nitriles is 1. The molecule has 0 bridgehead atoms. The molecule has 31 heavy (non-hydrogen) atoms. The van der Waals surface area contributed by atoms with Crippen LogP contribution >= 0.6 is 23.1 Å². The monoisotopic (exact) mass is 449 g/mol. The van der Waals surface area contributed by atoms with Crippen LogP contribution in [0, 0.1) is 30.6 Å². The Morgan fingerprint density at radius 2 is 1.90 bits per heavy atom. The Morgan fingerprint density at radius 3 is 2.52 bits per heavy atom. The van der Waals surface area contributed by atoms with Crippen LogP contribution in [0.4, 0.5) is 5.69 Å². The van der Waals surface area contributed by atoms with Crippen molar-refractivity contribution < 1.29 is 4.79 Å². The molecular weight excluding hydrogens is 422 g/mol. The van der Waals surface area contributed by atoms with Gasteiger partial charge in [0.15, 0.2) is 5.78 Å². The summed E-state index contributed by atoms with van der Waals surface area (Å²) in [7, 11) is 0. The van der Waals surface area contributed by atoms with Crippen LogP contribution < -0.4 is 10.6 Å². The summed E-state index contributed by atoms with van der Waals surface area (Å²) in [5.41, 5.74) is 11.7. The van der Waals surface area contributed by atoms with Crippen molar-refractivity contribution in [3.05, 3.63) is 69.0 Å². The van der Waals surface area contributed by atoms with E-state index in [9.17, 15) is 10.1 Å². The lowest BCUT2D eigenvalue weighted by atomic mass is 9.69. The van der Waals surface area contributed by atoms with Crippen molar-refractivity contribution in [1.29, 1.82) is 5.26 Å². The van der Waals surface area contributed by atoms with Gasteiger partial charge in [0.25, 0.3) is 0 Å². The van der Waals surface area contributed by atoms with Crippen molar-refractivity contribution in [3.63, 3.8) is 0 Å². The number of benzene rings is 1. The minimum Gasteiger partial charge on any atom is -0.384 e. The van der Waals surface area contributed by atoms with E-state index in [1.807, 2.05) is 42.3 Å². The van der Waals surface area contributed by atoms with Crippen LogP contribution in [-0.4, -0.2) is 12.0 Å². The highest BCUT2D eigenvalue weighted by Gasteiger charge is 2.45. The highest BCUT2D eigenvalue weighted by Crippen LogP contribution is 2.52. The van der Waals surface area contributed by atoms with Gasteiger partial charge in [0.05, 0.1) is 21.8 Å². The molecule has 1 aromatic heterocycles. The van der Waals surface area contributed by atoms with Crippen LogP contribution in [0.1, 0.15) is 48.6 Å². The molecule has 4 nitrogen and oxygen atoms in total. The molecule has 2 heterocycles. The summed E-state index contributed by atoms with van der Waals surface area (Å²) < 4.78 is 1.14. The third kappa shape index (κ3) is 3.71. The van der Waals surface area contributed by atoms with Gasteiger partial charge in [-0.05, 0) is 55.7 Å². The third-order valence-electron chi connectivity index (χ3n) is 6.02. The number of Topliss-reactive ketones (excluding diaryl/α,β-unsaturated/α-hetero) is 1. The maximum Gasteiger partial charge on any atom is 0.162 e. The second-order valence-corrected chi connectivity index (χ2v) is 11.5. The maximum atomic E-state index is 13.6. The van der Waals surface area contributed by atoms with Crippen molar-refractivity contribution in [3.8, 4) is 6.07 Å². The normalized spacial score (nSPS) is 20.7. The van der Waals surface area contributed by atoms with Crippen molar-refractivity contribution in [2.45, 2.75) is 50.7 Å². The second kappa shape index (κ2) is 7.89. The van der Waals surface area contributed by atoms with Crippen molar-refractivity contribution in [1.82, 2.24) is 0 Å². The molecule has 1 aliphatic heterocycles. The van der Waals surface area contributed by atoms with Gasteiger partial charge in [-0.15, -0.1) is 23.1 Å². The topological polar surface area (TPSA) is 70.1 Å². The first-order valence-electron chi connectivity index (χ1n) is 10.3. The van der Waals surface area contributed by atoms with E-state index in [2.05, 4.69) is 32.9 Å². The van der Waals surface area contributed by atoms with Gasteiger partial charge < -0.3 is 5.73 Å². The third-order valence-corrected chi connectivity index (χ3v) is 8.24. The Morgan fingerprint density at radius 1 is 1.23 bits per heavy atom. The van der Waals surface area contributed by atoms with Gasteiger partial charge in [-0.25, -0.2) is 0 Å². The van der Waals surface area contributed by atoms with E-state index in [1.165, 1.54) is 4.88 Å². The average Bonchev–Trinajstić information content (AvgIpc) is 3.07. The molecule has 4 rings (SSSR count). The fourth-order valence-corrected chi connectivity index (χ4v) is 6.59. The summed E-state index contributed by atoms with van der Waals surface area (Å²) in [4.78, 5) is 16.7. The predicted octanol–water partition coefficient (Wildman–Crippen LogP) is 6.03. The van der Waals surface area contributed by atoms with Crippen LogP contribution in [0.25, 0.3) is 0 Å². The van der Waals surface area contributed by atoms with E-state index in [0.717, 1.165) is 38.7 Å². The van der Waals surface area contributed by atoms with E-state index in [4.69, 9.17) is 5.73 Å². The van der Waals surface area contributed by atoms with Gasteiger partial charge in [-0.1, -0.05) is 31.5 Å². The Balaban J connectivity index is 2.01. The van der Waals surface area contributed by atoms with Crippen LogP contribution in [0.2, 0.25) is 0 Å². The standard InChI is InChI=1S/C25H27N3OS2/c1-14-6-8-16(9-7-14)28-19-11-25(3,4)12-20(29)22(19)21(18(13-26)23(28)27)17-10-15(2)31-24(17)30-5/h6-10,21H,11-12,27H2,1-5H3/t21-/m0/s1. The molecule has 160 valence electrons. The van der Waals surface area contributed by atoms with E-state index in [1.54, 1.807) is 23.1 Å². The summed E-state index contributed by atoms with van der Waals surface area (Å²) in [5, 5.41) is 10.2. The number of carbonyl (C=O) groups is 1. The van der Waals surface area contributed by atoms with Gasteiger partial charge in [0.1, 0.15) is 5.82 Å². The number of allylic oxidation sites excluding steroid dienone is 3. The lowest BCUT2D eigenvalue weighted by Gasteiger charge is -2.43. The van der Waals surface area contributed by atoms with Crippen LogP contribution in [0.3, 0.4) is 0 Å². The molecule has 2 aliphatic rings. The predicted molar refractivity (Wildman–Crippen MR) is 129 cm³/mol. The molecule has 2 N–H and O–H groups in total. The van der Waals surface area contributed by atoms with Gasteiger partial charge in [-0.2, -0.15) is 5.26 Å². The molecule has 6 heteroatoms. The number of rotatable bonds is 3. The lowest BCUT2D eigenvalue weighted by molar-refractivity contribution is -0.118. The number of thioether (sulfide) groups is 1. The number of aryl methyl sites for hydroxylation is 2. The van der Waals surface area contributed by atoms with Crippen molar-refractivity contribution in [2.24, 2.45) is 11.1 Å². The van der Waals surface area contributed by atoms with E-state index in [-0.39, 0.29) is 11.2 Å². The first-order valence-corrected chi connectivity index (χ1v) is 12.4. The summed E-state index contributed by atoms with van der Waals surface area (Å²) in [6.45, 7) is 8.35. The van der Waals surface area contributed by atoms with Crippen molar-refractivity contribution >= 4 is 34.6 Å². The largest absolute Gasteiger partial charge is 0.384 e. The molecule has 0 saturated carbocycles. The zero-order valence-electron chi connectivity index (χ0n) is 18.6. The van der Waals surface area contributed by atoms with Crippen LogP contribution in [0.5, 0.6) is 0 Å². The van der Waals surface area contributed by atoms with Gasteiger partial charge in [0, 0.05) is 28.3 Å². The summed E-state index contributed by atoms with van der Waals surface area (Å²) in [6.07, 6.45) is 3.24. The highest BCUT2D eigenvalue weighted by molar-refractivity contribution is 8.00. The number of carbonyl (C=O) groups excluding carboxylic acids is 1. The number of nitrogens with two attached hydrogens (primary N) is 1. The summed E-state index contributed by atoms with van der Waals surface area (Å²) in [5.74, 6) is 0.138. The number of hydrogen-bond donors (Lipinski definition) is 1. The van der Waals surface area contributed by atoms with Crippen LogP contribution in [-0.2, 0) is 4.79 Å². The maximum absolute atomic E-state index is 13.6. The molecule has 1 aliphatic carbocycles. The number of thiophene rings is 1. The molecule has 1 aromatic carbocycles. The molecular formula is C25H27N3OS2. The summed E-state index contributed by atoms with van der Waals surface area (Å²) >= 11 is 3.36. The van der Waals surface area contributed by atoms with Gasteiger partial charge in [-0.3, -0.25) is 9.69 Å². The molecule has 0 amide bonds. The first-order chi connectivity index (χ1) is 14.7. The quantitative estimate of drug-likeness (QED) is 0.580. The zero-order chi connectivity index (χ0) is 22.5. The highest BCUT2D eigenvalue weighted by atomic mass is 32.2. The number of hydrogen-bond acceptors (Lipinski definition) is 6. The number of ketones is 1. The first kappa shape index (κ1) is 21.7. The van der Waals surface area contributed by atoms with E-state index in [0.29, 0.717) is 17.8 Å². The molecule has 0 unspecified atom stereocenters. The fourth-order valence-electron chi connectivity index (χ4n) is 4.68. The minimum atomic E-state index is -0.405. The van der Waals surface area contributed by atoms with Crippen LogP contribution in [0.15, 0.2) is 57.2 Å². The Hall–Kier alpha value is -2.49. The van der Waals surface area contributed by atoms with E-state index >= 15 is 0 Å².